The van der Waals surface area contributed by atoms with Crippen molar-refractivity contribution < 1.29 is 13.9 Å². The average molecular weight is 570 g/mol. The van der Waals surface area contributed by atoms with E-state index in [9.17, 15) is 14.4 Å². The number of benzene rings is 3. The predicted molar refractivity (Wildman–Crippen MR) is 160 cm³/mol. The highest BCUT2D eigenvalue weighted by molar-refractivity contribution is 6.31. The number of carbonyl (C=O) groups excluding carboxylic acids is 1. The lowest BCUT2D eigenvalue weighted by Crippen LogP contribution is -2.42. The molecule has 1 unspecified atom stereocenters. The van der Waals surface area contributed by atoms with Gasteiger partial charge < -0.3 is 10.5 Å². The maximum absolute atomic E-state index is 14.0. The van der Waals surface area contributed by atoms with Crippen LogP contribution in [-0.2, 0) is 11.4 Å². The lowest BCUT2D eigenvalue weighted by Gasteiger charge is -2.44. The van der Waals surface area contributed by atoms with Gasteiger partial charge in [0.1, 0.15) is 24.0 Å². The number of ether oxygens (including phenoxy) is 1. The van der Waals surface area contributed by atoms with Crippen molar-refractivity contribution in [3.05, 3.63) is 116 Å². The molecule has 3 aromatic carbocycles. The molecule has 0 fully saturated rings. The van der Waals surface area contributed by atoms with Gasteiger partial charge in [0, 0.05) is 22.7 Å². The van der Waals surface area contributed by atoms with Gasteiger partial charge in [-0.3, -0.25) is 9.69 Å². The molecule has 0 saturated carbocycles. The van der Waals surface area contributed by atoms with Crippen LogP contribution in [0.1, 0.15) is 60.4 Å². The highest BCUT2D eigenvalue weighted by atomic mass is 35.5. The van der Waals surface area contributed by atoms with E-state index in [4.69, 9.17) is 22.1 Å². The van der Waals surface area contributed by atoms with Crippen molar-refractivity contribution in [2.24, 2.45) is 11.1 Å². The summed E-state index contributed by atoms with van der Waals surface area (Å²) in [4.78, 5) is 15.9. The molecule has 7 heteroatoms. The third kappa shape index (κ3) is 5.23. The first-order chi connectivity index (χ1) is 19.4. The molecule has 5 nitrogen and oxygen atoms in total. The number of ketones is 1. The van der Waals surface area contributed by atoms with Crippen molar-refractivity contribution in [1.82, 2.24) is 0 Å². The van der Waals surface area contributed by atoms with Crippen LogP contribution >= 0.6 is 11.6 Å². The number of allylic oxidation sites excluding steroid dienone is 3. The van der Waals surface area contributed by atoms with Crippen LogP contribution in [0.3, 0.4) is 0 Å². The van der Waals surface area contributed by atoms with Crippen molar-refractivity contribution in [3.63, 3.8) is 0 Å². The average Bonchev–Trinajstić information content (AvgIpc) is 2.90. The molecule has 0 radical (unpaired) electrons. The van der Waals surface area contributed by atoms with E-state index < -0.39 is 5.92 Å². The number of nitrogens with two attached hydrogens (primary N) is 1. The summed E-state index contributed by atoms with van der Waals surface area (Å²) in [5.41, 5.74) is 13.6. The fourth-order valence-electron chi connectivity index (χ4n) is 6.04. The molecule has 0 spiro atoms. The van der Waals surface area contributed by atoms with Gasteiger partial charge in [0.2, 0.25) is 0 Å². The van der Waals surface area contributed by atoms with E-state index in [1.54, 1.807) is 12.1 Å². The van der Waals surface area contributed by atoms with Gasteiger partial charge in [-0.05, 0) is 91.3 Å². The second-order valence-electron chi connectivity index (χ2n) is 11.7. The van der Waals surface area contributed by atoms with Crippen molar-refractivity contribution >= 4 is 23.1 Å². The van der Waals surface area contributed by atoms with E-state index in [0.717, 1.165) is 39.2 Å². The zero-order valence-corrected chi connectivity index (χ0v) is 24.7. The minimum absolute atomic E-state index is 0.0104. The minimum atomic E-state index is -0.612. The third-order valence-corrected chi connectivity index (χ3v) is 8.49. The van der Waals surface area contributed by atoms with Crippen LogP contribution in [-0.4, -0.2) is 5.78 Å². The Morgan fingerprint density at radius 3 is 2.49 bits per heavy atom. The number of nitriles is 1. The van der Waals surface area contributed by atoms with Crippen molar-refractivity contribution in [2.75, 3.05) is 4.90 Å². The summed E-state index contributed by atoms with van der Waals surface area (Å²) in [6.07, 6.45) is 0.982. The Balaban J connectivity index is 1.69. The highest BCUT2D eigenvalue weighted by Crippen LogP contribution is 2.51. The summed E-state index contributed by atoms with van der Waals surface area (Å²) in [6.45, 7) is 10.3. The van der Waals surface area contributed by atoms with Crippen LogP contribution in [0.5, 0.6) is 5.75 Å². The molecule has 41 heavy (non-hydrogen) atoms. The van der Waals surface area contributed by atoms with Crippen molar-refractivity contribution in [1.29, 1.82) is 5.26 Å². The van der Waals surface area contributed by atoms with Crippen LogP contribution in [0.25, 0.3) is 0 Å². The lowest BCUT2D eigenvalue weighted by atomic mass is 9.67. The van der Waals surface area contributed by atoms with E-state index in [-0.39, 0.29) is 23.6 Å². The van der Waals surface area contributed by atoms with Crippen LogP contribution < -0.4 is 15.4 Å². The Kier molecular flexibility index (Phi) is 7.44. The number of Topliss-reactive ketones (excluding diaryl/α,β-unsaturated/α-hetero) is 1. The minimum Gasteiger partial charge on any atom is -0.489 e. The zero-order valence-electron chi connectivity index (χ0n) is 23.9. The Morgan fingerprint density at radius 2 is 1.80 bits per heavy atom. The van der Waals surface area contributed by atoms with Gasteiger partial charge in [-0.25, -0.2) is 4.39 Å². The molecule has 5 rings (SSSR count). The number of aryl methyl sites for hydroxylation is 1. The van der Waals surface area contributed by atoms with E-state index >= 15 is 0 Å². The van der Waals surface area contributed by atoms with Gasteiger partial charge in [0.15, 0.2) is 5.78 Å². The number of halogens is 2. The summed E-state index contributed by atoms with van der Waals surface area (Å²) in [6, 6.07) is 17.9. The SMILES string of the molecule is Cc1cc(COc2ccc(F)cc2)c(C)c(C2C(C#N)=C(N)N(c3cccc(Cl)c3C)C3=C2C(=O)CC(C)(C)C3)c1. The Bertz CT molecular complexity index is 1660. The van der Waals surface area contributed by atoms with E-state index in [0.29, 0.717) is 40.6 Å². The highest BCUT2D eigenvalue weighted by Gasteiger charge is 2.45. The first kappa shape index (κ1) is 28.4. The van der Waals surface area contributed by atoms with Crippen LogP contribution in [0.2, 0.25) is 5.02 Å². The normalized spacial score (nSPS) is 18.3. The van der Waals surface area contributed by atoms with Gasteiger partial charge in [-0.2, -0.15) is 5.26 Å². The fourth-order valence-corrected chi connectivity index (χ4v) is 6.21. The van der Waals surface area contributed by atoms with Gasteiger partial charge >= 0.3 is 0 Å². The Hall–Kier alpha value is -4.08. The van der Waals surface area contributed by atoms with Crippen molar-refractivity contribution in [2.45, 2.75) is 60.0 Å². The van der Waals surface area contributed by atoms with Gasteiger partial charge in [-0.15, -0.1) is 0 Å². The maximum atomic E-state index is 14.0. The summed E-state index contributed by atoms with van der Waals surface area (Å²) < 4.78 is 19.4. The number of rotatable bonds is 5. The molecular formula is C34H33ClFN3O2. The second-order valence-corrected chi connectivity index (χ2v) is 12.2. The molecule has 1 atom stereocenters. The molecule has 210 valence electrons. The molecule has 0 saturated heterocycles. The molecule has 0 bridgehead atoms. The molecule has 0 amide bonds. The molecule has 3 aromatic rings. The molecule has 2 N–H and O–H groups in total. The van der Waals surface area contributed by atoms with E-state index in [2.05, 4.69) is 19.9 Å². The summed E-state index contributed by atoms with van der Waals surface area (Å²) in [5.74, 6) is -0.0776. The lowest BCUT2D eigenvalue weighted by molar-refractivity contribution is -0.118. The molecule has 1 aliphatic carbocycles. The predicted octanol–water partition coefficient (Wildman–Crippen LogP) is 7.92. The first-order valence-corrected chi connectivity index (χ1v) is 14.0. The second kappa shape index (κ2) is 10.7. The van der Waals surface area contributed by atoms with Gasteiger partial charge in [0.05, 0.1) is 23.2 Å². The summed E-state index contributed by atoms with van der Waals surface area (Å²) in [7, 11) is 0. The number of hydrogen-bond donors (Lipinski definition) is 1. The Morgan fingerprint density at radius 1 is 1.10 bits per heavy atom. The van der Waals surface area contributed by atoms with Gasteiger partial charge in [-0.1, -0.05) is 49.2 Å². The smallest absolute Gasteiger partial charge is 0.162 e. The van der Waals surface area contributed by atoms with Crippen LogP contribution in [0, 0.1) is 43.3 Å². The number of nitrogens with zero attached hydrogens (tertiary/aromatic N) is 2. The summed E-state index contributed by atoms with van der Waals surface area (Å²) >= 11 is 6.51. The molecule has 1 aliphatic heterocycles. The monoisotopic (exact) mass is 569 g/mol. The molecular weight excluding hydrogens is 537 g/mol. The van der Waals surface area contributed by atoms with Crippen LogP contribution in [0.4, 0.5) is 10.1 Å². The summed E-state index contributed by atoms with van der Waals surface area (Å²) in [5, 5.41) is 11.1. The number of carbonyl (C=O) groups is 1. The quantitative estimate of drug-likeness (QED) is 0.337. The Labute approximate surface area is 245 Å². The third-order valence-electron chi connectivity index (χ3n) is 8.08. The number of anilines is 1. The van der Waals surface area contributed by atoms with E-state index in [1.165, 1.54) is 12.1 Å². The zero-order chi connectivity index (χ0) is 29.6. The van der Waals surface area contributed by atoms with E-state index in [1.807, 2.05) is 56.0 Å². The van der Waals surface area contributed by atoms with Crippen LogP contribution in [0.15, 0.2) is 77.3 Å². The first-order valence-electron chi connectivity index (χ1n) is 13.6. The largest absolute Gasteiger partial charge is 0.489 e. The number of hydrogen-bond acceptors (Lipinski definition) is 5. The van der Waals surface area contributed by atoms with Gasteiger partial charge in [0.25, 0.3) is 0 Å². The standard InChI is InChI=1S/C34H33ClFN3O2/c1-19-13-22(18-41-24-11-9-23(36)10-12-24)20(2)25(14-19)31-26(17-37)33(38)39(28-8-6-7-27(35)21(28)3)29-15-34(4,5)16-30(40)32(29)31/h6-14,31H,15-16,18,38H2,1-5H3. The molecule has 0 aromatic heterocycles. The maximum Gasteiger partial charge on any atom is 0.162 e. The molecule has 1 heterocycles. The van der Waals surface area contributed by atoms with Crippen molar-refractivity contribution in [3.8, 4) is 11.8 Å². The molecule has 2 aliphatic rings. The fraction of sp³-hybridized carbons (Fsp3) is 0.294. The topological polar surface area (TPSA) is 79.3 Å².